The number of nitrogens with zero attached hydrogens (tertiary/aromatic N) is 2. The van der Waals surface area contributed by atoms with Crippen molar-refractivity contribution in [2.75, 3.05) is 24.3 Å². The first-order chi connectivity index (χ1) is 12.6. The van der Waals surface area contributed by atoms with Gasteiger partial charge in [0, 0.05) is 25.5 Å². The molecular formula is C22H19N3O. The molecule has 0 aliphatic rings. The highest BCUT2D eigenvalue weighted by atomic mass is 16.1. The second kappa shape index (κ2) is 7.54. The molecule has 1 amide bonds. The molecule has 0 radical (unpaired) electrons. The Balaban J connectivity index is 1.87. The molecule has 0 heterocycles. The molecule has 3 aromatic carbocycles. The van der Waals surface area contributed by atoms with Crippen LogP contribution in [0.5, 0.6) is 0 Å². The van der Waals surface area contributed by atoms with Gasteiger partial charge in [0.1, 0.15) is 11.6 Å². The largest absolute Gasteiger partial charge is 0.378 e. The molecule has 0 unspecified atom stereocenters. The maximum atomic E-state index is 12.5. The van der Waals surface area contributed by atoms with Crippen LogP contribution in [0.3, 0.4) is 0 Å². The number of nitriles is 1. The summed E-state index contributed by atoms with van der Waals surface area (Å²) in [5, 5.41) is 14.3. The van der Waals surface area contributed by atoms with Gasteiger partial charge in [0.15, 0.2) is 0 Å². The standard InChI is InChI=1S/C22H19N3O/c1-25(2)20-12-10-19(11-13-20)24-22(26)18(15-23)14-17-8-5-7-16-6-3-4-9-21(16)17/h3-14H,1-2H3,(H,24,26)/b18-14-. The van der Waals surface area contributed by atoms with E-state index in [0.717, 1.165) is 22.0 Å². The molecule has 0 atom stereocenters. The molecule has 0 aromatic heterocycles. The summed E-state index contributed by atoms with van der Waals surface area (Å²) in [4.78, 5) is 14.5. The van der Waals surface area contributed by atoms with Crippen LogP contribution in [0.1, 0.15) is 5.56 Å². The van der Waals surface area contributed by atoms with Crippen LogP contribution in [-0.2, 0) is 4.79 Å². The predicted octanol–water partition coefficient (Wildman–Crippen LogP) is 4.45. The predicted molar refractivity (Wildman–Crippen MR) is 107 cm³/mol. The van der Waals surface area contributed by atoms with Gasteiger partial charge in [-0.2, -0.15) is 5.26 Å². The number of amides is 1. The third kappa shape index (κ3) is 3.73. The zero-order valence-electron chi connectivity index (χ0n) is 14.7. The van der Waals surface area contributed by atoms with Crippen molar-refractivity contribution < 1.29 is 4.79 Å². The Kier molecular flexibility index (Phi) is 5.00. The van der Waals surface area contributed by atoms with Crippen LogP contribution in [0.25, 0.3) is 16.8 Å². The summed E-state index contributed by atoms with van der Waals surface area (Å²) in [6.45, 7) is 0. The van der Waals surface area contributed by atoms with Gasteiger partial charge in [-0.3, -0.25) is 4.79 Å². The second-order valence-corrected chi connectivity index (χ2v) is 6.13. The first-order valence-corrected chi connectivity index (χ1v) is 8.27. The first-order valence-electron chi connectivity index (χ1n) is 8.27. The highest BCUT2D eigenvalue weighted by Crippen LogP contribution is 2.21. The smallest absolute Gasteiger partial charge is 0.266 e. The molecule has 3 rings (SSSR count). The lowest BCUT2D eigenvalue weighted by Gasteiger charge is -2.13. The Morgan fingerprint density at radius 3 is 2.38 bits per heavy atom. The fourth-order valence-electron chi connectivity index (χ4n) is 2.72. The summed E-state index contributed by atoms with van der Waals surface area (Å²) in [5.74, 6) is -0.418. The molecule has 0 aliphatic heterocycles. The monoisotopic (exact) mass is 341 g/mol. The van der Waals surface area contributed by atoms with E-state index < -0.39 is 5.91 Å². The van der Waals surface area contributed by atoms with Gasteiger partial charge < -0.3 is 10.2 Å². The number of hydrogen-bond donors (Lipinski definition) is 1. The van der Waals surface area contributed by atoms with Crippen molar-refractivity contribution in [3.63, 3.8) is 0 Å². The third-order valence-electron chi connectivity index (χ3n) is 4.13. The van der Waals surface area contributed by atoms with Crippen molar-refractivity contribution in [2.45, 2.75) is 0 Å². The summed E-state index contributed by atoms with van der Waals surface area (Å²) in [5.41, 5.74) is 2.60. The Hall–Kier alpha value is -3.58. The van der Waals surface area contributed by atoms with E-state index in [0.29, 0.717) is 5.69 Å². The van der Waals surface area contributed by atoms with E-state index in [1.807, 2.05) is 91.8 Å². The maximum absolute atomic E-state index is 12.5. The van der Waals surface area contributed by atoms with Gasteiger partial charge in [-0.25, -0.2) is 0 Å². The van der Waals surface area contributed by atoms with E-state index >= 15 is 0 Å². The van der Waals surface area contributed by atoms with E-state index in [-0.39, 0.29) is 5.57 Å². The van der Waals surface area contributed by atoms with E-state index in [1.54, 1.807) is 6.08 Å². The number of benzene rings is 3. The number of hydrogen-bond acceptors (Lipinski definition) is 3. The Labute approximate surface area is 153 Å². The van der Waals surface area contributed by atoms with Crippen LogP contribution < -0.4 is 10.2 Å². The SMILES string of the molecule is CN(C)c1ccc(NC(=O)/C(C#N)=C\c2cccc3ccccc23)cc1. The molecule has 0 aliphatic carbocycles. The van der Waals surface area contributed by atoms with Crippen LogP contribution in [-0.4, -0.2) is 20.0 Å². The minimum atomic E-state index is -0.418. The average Bonchev–Trinajstić information content (AvgIpc) is 2.66. The molecule has 0 saturated heterocycles. The van der Waals surface area contributed by atoms with E-state index in [9.17, 15) is 10.1 Å². The zero-order valence-corrected chi connectivity index (χ0v) is 14.7. The minimum Gasteiger partial charge on any atom is -0.378 e. The van der Waals surface area contributed by atoms with E-state index in [1.165, 1.54) is 0 Å². The van der Waals surface area contributed by atoms with Crippen LogP contribution in [0.15, 0.2) is 72.3 Å². The van der Waals surface area contributed by atoms with Crippen molar-refractivity contribution in [2.24, 2.45) is 0 Å². The molecule has 0 saturated carbocycles. The molecular weight excluding hydrogens is 322 g/mol. The zero-order chi connectivity index (χ0) is 18.5. The summed E-state index contributed by atoms with van der Waals surface area (Å²) in [6, 6.07) is 23.2. The van der Waals surface area contributed by atoms with Crippen molar-refractivity contribution >= 4 is 34.1 Å². The summed E-state index contributed by atoms with van der Waals surface area (Å²) < 4.78 is 0. The molecule has 0 bridgehead atoms. The molecule has 0 spiro atoms. The number of nitrogens with one attached hydrogen (secondary N) is 1. The number of anilines is 2. The lowest BCUT2D eigenvalue weighted by Crippen LogP contribution is -2.14. The molecule has 26 heavy (non-hydrogen) atoms. The number of rotatable bonds is 4. The number of carbonyl (C=O) groups excluding carboxylic acids is 1. The summed E-state index contributed by atoms with van der Waals surface area (Å²) in [6.07, 6.45) is 1.63. The Bertz CT molecular complexity index is 1010. The van der Waals surface area contributed by atoms with Gasteiger partial charge in [-0.1, -0.05) is 42.5 Å². The lowest BCUT2D eigenvalue weighted by molar-refractivity contribution is -0.112. The first kappa shape index (κ1) is 17.2. The molecule has 3 aromatic rings. The molecule has 128 valence electrons. The van der Waals surface area contributed by atoms with Crippen LogP contribution >= 0.6 is 0 Å². The molecule has 4 nitrogen and oxygen atoms in total. The minimum absolute atomic E-state index is 0.0676. The van der Waals surface area contributed by atoms with Crippen molar-refractivity contribution in [3.05, 3.63) is 77.9 Å². The van der Waals surface area contributed by atoms with Gasteiger partial charge in [-0.05, 0) is 46.7 Å². The summed E-state index contributed by atoms with van der Waals surface area (Å²) in [7, 11) is 3.91. The van der Waals surface area contributed by atoms with Gasteiger partial charge in [0.05, 0.1) is 0 Å². The van der Waals surface area contributed by atoms with E-state index in [2.05, 4.69) is 5.32 Å². The van der Waals surface area contributed by atoms with Gasteiger partial charge in [-0.15, -0.1) is 0 Å². The molecule has 1 N–H and O–H groups in total. The van der Waals surface area contributed by atoms with Crippen LogP contribution in [0.2, 0.25) is 0 Å². The van der Waals surface area contributed by atoms with Gasteiger partial charge in [0.2, 0.25) is 0 Å². The third-order valence-corrected chi connectivity index (χ3v) is 4.13. The van der Waals surface area contributed by atoms with Gasteiger partial charge >= 0.3 is 0 Å². The second-order valence-electron chi connectivity index (χ2n) is 6.13. The van der Waals surface area contributed by atoms with Crippen molar-refractivity contribution in [1.82, 2.24) is 0 Å². The quantitative estimate of drug-likeness (QED) is 0.563. The van der Waals surface area contributed by atoms with Gasteiger partial charge in [0.25, 0.3) is 5.91 Å². The number of fused-ring (bicyclic) bond motifs is 1. The number of carbonyl (C=O) groups is 1. The van der Waals surface area contributed by atoms with E-state index in [4.69, 9.17) is 0 Å². The topological polar surface area (TPSA) is 56.1 Å². The highest BCUT2D eigenvalue weighted by Gasteiger charge is 2.10. The average molecular weight is 341 g/mol. The van der Waals surface area contributed by atoms with Crippen LogP contribution in [0, 0.1) is 11.3 Å². The normalized spacial score (nSPS) is 11.0. The fourth-order valence-corrected chi connectivity index (χ4v) is 2.72. The van der Waals surface area contributed by atoms with Crippen molar-refractivity contribution in [3.8, 4) is 6.07 Å². The molecule has 0 fully saturated rings. The molecule has 4 heteroatoms. The summed E-state index contributed by atoms with van der Waals surface area (Å²) >= 11 is 0. The highest BCUT2D eigenvalue weighted by molar-refractivity contribution is 6.10. The Morgan fingerprint density at radius 1 is 1.00 bits per heavy atom. The lowest BCUT2D eigenvalue weighted by atomic mass is 10.0. The van der Waals surface area contributed by atoms with Crippen molar-refractivity contribution in [1.29, 1.82) is 5.26 Å². The maximum Gasteiger partial charge on any atom is 0.266 e. The fraction of sp³-hybridized carbons (Fsp3) is 0.0909. The Morgan fingerprint density at radius 2 is 1.69 bits per heavy atom. The van der Waals surface area contributed by atoms with Crippen LogP contribution in [0.4, 0.5) is 11.4 Å².